The number of thiophene rings is 1. The number of rotatable bonds is 5. The highest BCUT2D eigenvalue weighted by Crippen LogP contribution is 2.38. The average Bonchev–Trinajstić information content (AvgIpc) is 2.92. The maximum Gasteiger partial charge on any atom is 0.344 e. The lowest BCUT2D eigenvalue weighted by molar-refractivity contribution is 0.533. The number of hydrogen-bond acceptors (Lipinski definition) is 5. The van der Waals surface area contributed by atoms with Gasteiger partial charge in [0.1, 0.15) is 0 Å². The van der Waals surface area contributed by atoms with E-state index in [1.807, 2.05) is 26.0 Å². The fraction of sp³-hybridized carbons (Fsp3) is 0.455. The normalized spacial score (nSPS) is 13.1. The van der Waals surface area contributed by atoms with Crippen LogP contribution in [-0.4, -0.2) is 21.3 Å². The molecule has 0 saturated heterocycles. The molecule has 2 aromatic rings. The predicted octanol–water partition coefficient (Wildman–Crippen LogP) is 2.77. The van der Waals surface area contributed by atoms with E-state index in [-0.39, 0.29) is 17.0 Å². The molecule has 0 fully saturated rings. The number of H-pyrrole nitrogens is 1. The fourth-order valence-electron chi connectivity index (χ4n) is 1.68. The van der Waals surface area contributed by atoms with E-state index in [4.69, 9.17) is 5.73 Å². The number of nitrogens with one attached hydrogen (secondary N) is 1. The molecule has 19 heavy (non-hydrogen) atoms. The Labute approximate surface area is 127 Å². The van der Waals surface area contributed by atoms with E-state index >= 15 is 0 Å². The second-order valence-electron chi connectivity index (χ2n) is 4.26. The molecule has 104 valence electrons. The van der Waals surface area contributed by atoms with Crippen LogP contribution in [0.3, 0.4) is 0 Å². The molecular formula is C11H15BrN4OS2. The van der Waals surface area contributed by atoms with Crippen molar-refractivity contribution in [2.75, 3.05) is 6.54 Å². The van der Waals surface area contributed by atoms with Crippen LogP contribution >= 0.6 is 39.0 Å². The molecule has 0 aromatic carbocycles. The molecule has 2 rings (SSSR count). The zero-order chi connectivity index (χ0) is 14.0. The van der Waals surface area contributed by atoms with Gasteiger partial charge in [-0.1, -0.05) is 11.8 Å². The van der Waals surface area contributed by atoms with Crippen LogP contribution in [0, 0.1) is 0 Å². The van der Waals surface area contributed by atoms with E-state index < -0.39 is 0 Å². The number of thioether (sulfide) groups is 1. The summed E-state index contributed by atoms with van der Waals surface area (Å²) in [6, 6.07) is 4.12. The summed E-state index contributed by atoms with van der Waals surface area (Å²) >= 11 is 6.62. The monoisotopic (exact) mass is 362 g/mol. The molecule has 0 spiro atoms. The highest BCUT2D eigenvalue weighted by molar-refractivity contribution is 9.11. The molecule has 5 nitrogen and oxygen atoms in total. The molecule has 0 aliphatic rings. The molecule has 0 radical (unpaired) electrons. The second-order valence-corrected chi connectivity index (χ2v) is 7.92. The summed E-state index contributed by atoms with van der Waals surface area (Å²) < 4.78 is 2.72. The number of nitrogens with two attached hydrogens (primary N) is 1. The first-order chi connectivity index (χ1) is 9.02. The van der Waals surface area contributed by atoms with Gasteiger partial charge in [0.15, 0.2) is 5.16 Å². The van der Waals surface area contributed by atoms with Crippen molar-refractivity contribution in [2.24, 2.45) is 5.73 Å². The molecule has 2 heterocycles. The minimum atomic E-state index is -0.180. The topological polar surface area (TPSA) is 76.7 Å². The van der Waals surface area contributed by atoms with Crippen molar-refractivity contribution >= 4 is 39.0 Å². The third-order valence-electron chi connectivity index (χ3n) is 2.56. The number of nitrogens with zero attached hydrogens (tertiary/aromatic N) is 2. The van der Waals surface area contributed by atoms with Gasteiger partial charge in [0.05, 0.1) is 9.04 Å². The Morgan fingerprint density at radius 3 is 2.84 bits per heavy atom. The number of halogens is 1. The maximum absolute atomic E-state index is 11.7. The lowest BCUT2D eigenvalue weighted by Crippen LogP contribution is -2.20. The zero-order valence-corrected chi connectivity index (χ0v) is 13.8. The summed E-state index contributed by atoms with van der Waals surface area (Å²) in [6.45, 7) is 4.41. The minimum absolute atomic E-state index is 0.0715. The van der Waals surface area contributed by atoms with Crippen LogP contribution in [0.1, 0.15) is 30.0 Å². The van der Waals surface area contributed by atoms with Gasteiger partial charge in [0.2, 0.25) is 0 Å². The third-order valence-corrected chi connectivity index (χ3v) is 5.68. The Bertz CT molecular complexity index is 604. The smallest absolute Gasteiger partial charge is 0.329 e. The van der Waals surface area contributed by atoms with E-state index in [9.17, 15) is 4.79 Å². The van der Waals surface area contributed by atoms with Crippen LogP contribution in [0.2, 0.25) is 0 Å². The Morgan fingerprint density at radius 2 is 2.32 bits per heavy atom. The van der Waals surface area contributed by atoms with E-state index in [0.717, 1.165) is 3.79 Å². The summed E-state index contributed by atoms with van der Waals surface area (Å²) in [4.78, 5) is 12.9. The van der Waals surface area contributed by atoms with Crippen LogP contribution in [0.25, 0.3) is 0 Å². The highest BCUT2D eigenvalue weighted by atomic mass is 79.9. The Balaban J connectivity index is 2.26. The summed E-state index contributed by atoms with van der Waals surface area (Å²) in [6.07, 6.45) is 0. The van der Waals surface area contributed by atoms with Crippen molar-refractivity contribution in [3.8, 4) is 0 Å². The van der Waals surface area contributed by atoms with Crippen LogP contribution in [0.5, 0.6) is 0 Å². The largest absolute Gasteiger partial charge is 0.344 e. The van der Waals surface area contributed by atoms with E-state index in [2.05, 4.69) is 26.1 Å². The first-order valence-corrected chi connectivity index (χ1v) is 8.30. The average molecular weight is 363 g/mol. The Morgan fingerprint density at radius 1 is 1.58 bits per heavy atom. The van der Waals surface area contributed by atoms with E-state index in [0.29, 0.717) is 11.7 Å². The molecule has 0 saturated carbocycles. The van der Waals surface area contributed by atoms with Crippen molar-refractivity contribution in [3.63, 3.8) is 0 Å². The van der Waals surface area contributed by atoms with Gasteiger partial charge in [-0.3, -0.25) is 4.57 Å². The lowest BCUT2D eigenvalue weighted by atomic mass is 10.3. The van der Waals surface area contributed by atoms with Crippen LogP contribution in [-0.2, 0) is 0 Å². The third kappa shape index (κ3) is 3.31. The van der Waals surface area contributed by atoms with Crippen molar-refractivity contribution < 1.29 is 0 Å². The number of hydrogen-bond donors (Lipinski definition) is 2. The molecule has 8 heteroatoms. The minimum Gasteiger partial charge on any atom is -0.329 e. The molecule has 1 atom stereocenters. The van der Waals surface area contributed by atoms with Crippen LogP contribution < -0.4 is 11.4 Å². The lowest BCUT2D eigenvalue weighted by Gasteiger charge is -2.14. The molecular weight excluding hydrogens is 348 g/mol. The molecule has 0 bridgehead atoms. The van der Waals surface area contributed by atoms with Crippen molar-refractivity contribution in [2.45, 2.75) is 30.3 Å². The SMILES string of the molecule is CC(C)n1c(SC(CN)c2ccc(Br)s2)n[nH]c1=O. The predicted molar refractivity (Wildman–Crippen MR) is 82.9 cm³/mol. The van der Waals surface area contributed by atoms with Gasteiger partial charge in [-0.2, -0.15) is 0 Å². The second kappa shape index (κ2) is 6.25. The van der Waals surface area contributed by atoms with Gasteiger partial charge in [-0.05, 0) is 41.9 Å². The molecule has 0 aliphatic carbocycles. The standard InChI is InChI=1S/C11H15BrN4OS2/c1-6(2)16-10(17)14-15-11(16)19-8(5-13)7-3-4-9(12)18-7/h3-4,6,8H,5,13H2,1-2H3,(H,14,17). The first kappa shape index (κ1) is 14.8. The molecule has 1 unspecified atom stereocenters. The highest BCUT2D eigenvalue weighted by Gasteiger charge is 2.19. The number of aromatic amines is 1. The molecule has 3 N–H and O–H groups in total. The van der Waals surface area contributed by atoms with Gasteiger partial charge in [-0.15, -0.1) is 16.4 Å². The summed E-state index contributed by atoms with van der Waals surface area (Å²) in [5.74, 6) is 0. The summed E-state index contributed by atoms with van der Waals surface area (Å²) in [5, 5.41) is 7.36. The Hall–Kier alpha value is -0.570. The van der Waals surface area contributed by atoms with Gasteiger partial charge >= 0.3 is 5.69 Å². The fourth-order valence-corrected chi connectivity index (χ4v) is 4.44. The zero-order valence-electron chi connectivity index (χ0n) is 10.6. The van der Waals surface area contributed by atoms with E-state index in [1.165, 1.54) is 16.6 Å². The van der Waals surface area contributed by atoms with Crippen LogP contribution in [0.4, 0.5) is 0 Å². The van der Waals surface area contributed by atoms with Gasteiger partial charge in [0.25, 0.3) is 0 Å². The molecule has 0 aliphatic heterocycles. The number of aromatic nitrogens is 3. The quantitative estimate of drug-likeness (QED) is 0.801. The van der Waals surface area contributed by atoms with Gasteiger partial charge < -0.3 is 5.73 Å². The van der Waals surface area contributed by atoms with Gasteiger partial charge in [-0.25, -0.2) is 9.89 Å². The molecule has 0 amide bonds. The molecule has 2 aromatic heterocycles. The van der Waals surface area contributed by atoms with Crippen molar-refractivity contribution in [1.29, 1.82) is 0 Å². The van der Waals surface area contributed by atoms with Crippen molar-refractivity contribution in [3.05, 3.63) is 31.3 Å². The van der Waals surface area contributed by atoms with Gasteiger partial charge in [0, 0.05) is 17.5 Å². The maximum atomic E-state index is 11.7. The summed E-state index contributed by atoms with van der Waals surface area (Å²) in [5.41, 5.74) is 5.66. The Kier molecular flexibility index (Phi) is 4.88. The van der Waals surface area contributed by atoms with Crippen LogP contribution in [0.15, 0.2) is 25.9 Å². The van der Waals surface area contributed by atoms with Crippen molar-refractivity contribution in [1.82, 2.24) is 14.8 Å². The van der Waals surface area contributed by atoms with E-state index in [1.54, 1.807) is 15.9 Å². The summed E-state index contributed by atoms with van der Waals surface area (Å²) in [7, 11) is 0. The first-order valence-electron chi connectivity index (χ1n) is 5.81.